The van der Waals surface area contributed by atoms with Crippen LogP contribution in [0.25, 0.3) is 0 Å². The largest absolute Gasteiger partial charge is 0.465 e. The Balaban J connectivity index is 1.70. The van der Waals surface area contributed by atoms with E-state index in [-0.39, 0.29) is 5.97 Å². The van der Waals surface area contributed by atoms with Crippen molar-refractivity contribution in [3.05, 3.63) is 0 Å². The maximum atomic E-state index is 11.3. The molecule has 98 valence electrons. The van der Waals surface area contributed by atoms with E-state index in [0.29, 0.717) is 19.2 Å². The third-order valence-corrected chi connectivity index (χ3v) is 4.38. The lowest BCUT2D eigenvalue weighted by Gasteiger charge is -2.39. The number of carbonyl (C=O) groups excluding carboxylic acids is 1. The van der Waals surface area contributed by atoms with Crippen molar-refractivity contribution in [3.63, 3.8) is 0 Å². The Bertz CT molecular complexity index is 255. The van der Waals surface area contributed by atoms with Gasteiger partial charge in [-0.3, -0.25) is 4.79 Å². The van der Waals surface area contributed by atoms with Gasteiger partial charge >= 0.3 is 5.97 Å². The molecule has 1 N–H and O–H groups in total. The molecule has 0 aromatic heterocycles. The van der Waals surface area contributed by atoms with Gasteiger partial charge in [-0.05, 0) is 38.0 Å². The molecule has 0 heterocycles. The summed E-state index contributed by atoms with van der Waals surface area (Å²) in [6, 6.07) is 0.541. The Morgan fingerprint density at radius 1 is 1.18 bits per heavy atom. The van der Waals surface area contributed by atoms with Crippen molar-refractivity contribution in [3.8, 4) is 0 Å². The third-order valence-electron chi connectivity index (χ3n) is 4.38. The van der Waals surface area contributed by atoms with Crippen LogP contribution in [-0.4, -0.2) is 25.2 Å². The fourth-order valence-electron chi connectivity index (χ4n) is 3.50. The zero-order chi connectivity index (χ0) is 12.1. The molecule has 0 aromatic carbocycles. The van der Waals surface area contributed by atoms with Gasteiger partial charge in [0.1, 0.15) is 0 Å². The summed E-state index contributed by atoms with van der Waals surface area (Å²) < 4.78 is 4.94. The zero-order valence-electron chi connectivity index (χ0n) is 10.9. The first-order chi connectivity index (χ1) is 8.29. The van der Waals surface area contributed by atoms with Crippen LogP contribution in [0.1, 0.15) is 51.9 Å². The van der Waals surface area contributed by atoms with Crippen molar-refractivity contribution < 1.29 is 9.53 Å². The Labute approximate surface area is 104 Å². The Morgan fingerprint density at radius 3 is 2.71 bits per heavy atom. The van der Waals surface area contributed by atoms with Gasteiger partial charge in [0.05, 0.1) is 13.2 Å². The van der Waals surface area contributed by atoms with Crippen molar-refractivity contribution in [2.75, 3.05) is 13.2 Å². The summed E-state index contributed by atoms with van der Waals surface area (Å²) in [5, 5.41) is 3.36. The standard InChI is InChI=1S/C14H25NO2/c1-2-17-14(16)10-15-13-8-7-11-5-3-4-6-12(11)9-13/h11-13,15H,2-10H2,1H3. The minimum absolute atomic E-state index is 0.113. The molecule has 2 fully saturated rings. The highest BCUT2D eigenvalue weighted by Gasteiger charge is 2.31. The molecule has 0 saturated heterocycles. The molecule has 2 aliphatic rings. The van der Waals surface area contributed by atoms with E-state index in [2.05, 4.69) is 5.32 Å². The number of carbonyl (C=O) groups is 1. The van der Waals surface area contributed by atoms with Crippen LogP contribution < -0.4 is 5.32 Å². The third kappa shape index (κ3) is 3.70. The number of rotatable bonds is 4. The number of hydrogen-bond acceptors (Lipinski definition) is 3. The van der Waals surface area contributed by atoms with Crippen molar-refractivity contribution in [1.82, 2.24) is 5.32 Å². The molecule has 0 spiro atoms. The minimum atomic E-state index is -0.113. The summed E-state index contributed by atoms with van der Waals surface area (Å²) in [4.78, 5) is 11.3. The van der Waals surface area contributed by atoms with Gasteiger partial charge in [0.15, 0.2) is 0 Å². The van der Waals surface area contributed by atoms with Gasteiger partial charge in [0.2, 0.25) is 0 Å². The first-order valence-corrected chi connectivity index (χ1v) is 7.18. The number of nitrogens with one attached hydrogen (secondary N) is 1. The molecule has 0 amide bonds. The van der Waals surface area contributed by atoms with Crippen molar-refractivity contribution in [1.29, 1.82) is 0 Å². The van der Waals surface area contributed by atoms with E-state index < -0.39 is 0 Å². The van der Waals surface area contributed by atoms with E-state index in [1.165, 1.54) is 44.9 Å². The van der Waals surface area contributed by atoms with Crippen molar-refractivity contribution in [2.45, 2.75) is 57.9 Å². The highest BCUT2D eigenvalue weighted by molar-refractivity contribution is 5.71. The molecule has 2 aliphatic carbocycles. The zero-order valence-corrected chi connectivity index (χ0v) is 10.9. The van der Waals surface area contributed by atoms with Crippen LogP contribution in [0.3, 0.4) is 0 Å². The molecule has 0 aliphatic heterocycles. The molecule has 0 bridgehead atoms. The molecule has 17 heavy (non-hydrogen) atoms. The second-order valence-electron chi connectivity index (χ2n) is 5.50. The minimum Gasteiger partial charge on any atom is -0.465 e. The normalized spacial score (nSPS) is 32.9. The van der Waals surface area contributed by atoms with Gasteiger partial charge < -0.3 is 10.1 Å². The predicted octanol–water partition coefficient (Wildman–Crippen LogP) is 2.50. The second-order valence-corrected chi connectivity index (χ2v) is 5.50. The topological polar surface area (TPSA) is 38.3 Å². The SMILES string of the molecule is CCOC(=O)CNC1CCC2CCCCC2C1. The van der Waals surface area contributed by atoms with Crippen LogP contribution in [0.15, 0.2) is 0 Å². The predicted molar refractivity (Wildman–Crippen MR) is 67.7 cm³/mol. The van der Waals surface area contributed by atoms with Gasteiger partial charge in [-0.2, -0.15) is 0 Å². The van der Waals surface area contributed by atoms with Crippen LogP contribution in [-0.2, 0) is 9.53 Å². The molecular formula is C14H25NO2. The summed E-state index contributed by atoms with van der Waals surface area (Å²) in [7, 11) is 0. The first kappa shape index (κ1) is 12.9. The Morgan fingerprint density at radius 2 is 1.94 bits per heavy atom. The van der Waals surface area contributed by atoms with Crippen LogP contribution in [0, 0.1) is 11.8 Å². The first-order valence-electron chi connectivity index (χ1n) is 7.18. The van der Waals surface area contributed by atoms with Gasteiger partial charge in [0.25, 0.3) is 0 Å². The van der Waals surface area contributed by atoms with E-state index in [1.54, 1.807) is 0 Å². The van der Waals surface area contributed by atoms with Gasteiger partial charge in [0, 0.05) is 6.04 Å². The fourth-order valence-corrected chi connectivity index (χ4v) is 3.50. The van der Waals surface area contributed by atoms with Gasteiger partial charge in [-0.1, -0.05) is 25.7 Å². The number of ether oxygens (including phenoxy) is 1. The fraction of sp³-hybridized carbons (Fsp3) is 0.929. The van der Waals surface area contributed by atoms with E-state index >= 15 is 0 Å². The number of hydrogen-bond donors (Lipinski definition) is 1. The monoisotopic (exact) mass is 239 g/mol. The maximum absolute atomic E-state index is 11.3. The quantitative estimate of drug-likeness (QED) is 0.766. The summed E-state index contributed by atoms with van der Waals surface area (Å²) in [5.74, 6) is 1.78. The maximum Gasteiger partial charge on any atom is 0.319 e. The summed E-state index contributed by atoms with van der Waals surface area (Å²) >= 11 is 0. The molecule has 0 radical (unpaired) electrons. The van der Waals surface area contributed by atoms with Crippen molar-refractivity contribution >= 4 is 5.97 Å². The van der Waals surface area contributed by atoms with Crippen molar-refractivity contribution in [2.24, 2.45) is 11.8 Å². The highest BCUT2D eigenvalue weighted by atomic mass is 16.5. The van der Waals surface area contributed by atoms with Crippen LogP contribution in [0.5, 0.6) is 0 Å². The number of fused-ring (bicyclic) bond motifs is 1. The molecule has 0 aromatic rings. The molecule has 3 heteroatoms. The van der Waals surface area contributed by atoms with Crippen LogP contribution >= 0.6 is 0 Å². The highest BCUT2D eigenvalue weighted by Crippen LogP contribution is 2.40. The molecule has 3 unspecified atom stereocenters. The van der Waals surface area contributed by atoms with Gasteiger partial charge in [-0.25, -0.2) is 0 Å². The molecule has 2 rings (SSSR count). The van der Waals surface area contributed by atoms with Crippen LogP contribution in [0.4, 0.5) is 0 Å². The smallest absolute Gasteiger partial charge is 0.319 e. The Hall–Kier alpha value is -0.570. The second kappa shape index (κ2) is 6.39. The molecule has 3 nitrogen and oxygen atoms in total. The molecule has 2 saturated carbocycles. The average Bonchev–Trinajstić information content (AvgIpc) is 2.36. The Kier molecular flexibility index (Phi) is 4.84. The van der Waals surface area contributed by atoms with Gasteiger partial charge in [-0.15, -0.1) is 0 Å². The summed E-state index contributed by atoms with van der Waals surface area (Å²) in [5.41, 5.74) is 0. The summed E-state index contributed by atoms with van der Waals surface area (Å²) in [6.07, 6.45) is 9.54. The lowest BCUT2D eigenvalue weighted by atomic mass is 9.69. The number of esters is 1. The van der Waals surface area contributed by atoms with E-state index in [9.17, 15) is 4.79 Å². The van der Waals surface area contributed by atoms with Crippen LogP contribution in [0.2, 0.25) is 0 Å². The summed E-state index contributed by atoms with van der Waals surface area (Å²) in [6.45, 7) is 2.72. The van der Waals surface area contributed by atoms with E-state index in [0.717, 1.165) is 11.8 Å². The van der Waals surface area contributed by atoms with E-state index in [4.69, 9.17) is 4.74 Å². The molecule has 3 atom stereocenters. The lowest BCUT2D eigenvalue weighted by Crippen LogP contribution is -2.41. The molecular weight excluding hydrogens is 214 g/mol. The van der Waals surface area contributed by atoms with E-state index in [1.807, 2.05) is 6.92 Å². The average molecular weight is 239 g/mol. The lowest BCUT2D eigenvalue weighted by molar-refractivity contribution is -0.142.